The van der Waals surface area contributed by atoms with Gasteiger partial charge in [-0.25, -0.2) is 0 Å². The summed E-state index contributed by atoms with van der Waals surface area (Å²) in [6.07, 6.45) is 0. The number of nitrogens with zero attached hydrogens (tertiary/aromatic N) is 1. The predicted molar refractivity (Wildman–Crippen MR) is 86.3 cm³/mol. The van der Waals surface area contributed by atoms with E-state index in [4.69, 9.17) is 21.6 Å². The smallest absolute Gasteiger partial charge is 0.243 e. The normalized spacial score (nSPS) is 9.68. The first-order chi connectivity index (χ1) is 10.6. The van der Waals surface area contributed by atoms with Crippen LogP contribution in [-0.4, -0.2) is 19.6 Å². The molecule has 6 heteroatoms. The van der Waals surface area contributed by atoms with Crippen molar-refractivity contribution in [3.8, 4) is 11.8 Å². The number of para-hydroxylation sites is 1. The summed E-state index contributed by atoms with van der Waals surface area (Å²) in [5.41, 5.74) is 1.59. The summed E-state index contributed by atoms with van der Waals surface area (Å²) in [6, 6.07) is 14.0. The van der Waals surface area contributed by atoms with Crippen LogP contribution in [0.5, 0.6) is 5.75 Å². The molecule has 0 saturated carbocycles. The maximum atomic E-state index is 12.0. The molecular formula is C16H14ClN3O2. The van der Waals surface area contributed by atoms with Crippen molar-refractivity contribution in [3.05, 3.63) is 53.1 Å². The third-order valence-electron chi connectivity index (χ3n) is 2.92. The van der Waals surface area contributed by atoms with Crippen molar-refractivity contribution in [2.45, 2.75) is 0 Å². The maximum absolute atomic E-state index is 12.0. The third-order valence-corrected chi connectivity index (χ3v) is 3.16. The fraction of sp³-hybridized carbons (Fsp3) is 0.125. The first kappa shape index (κ1) is 15.7. The summed E-state index contributed by atoms with van der Waals surface area (Å²) in [7, 11) is 1.51. The Labute approximate surface area is 133 Å². The van der Waals surface area contributed by atoms with Crippen molar-refractivity contribution >= 4 is 28.9 Å². The Morgan fingerprint density at radius 2 is 2.05 bits per heavy atom. The summed E-state index contributed by atoms with van der Waals surface area (Å²) in [6.45, 7) is 0.0222. The van der Waals surface area contributed by atoms with Gasteiger partial charge in [-0.1, -0.05) is 23.7 Å². The lowest BCUT2D eigenvalue weighted by atomic mass is 10.2. The van der Waals surface area contributed by atoms with E-state index in [9.17, 15) is 4.79 Å². The molecule has 0 aliphatic carbocycles. The number of nitrogens with one attached hydrogen (secondary N) is 2. The van der Waals surface area contributed by atoms with Crippen LogP contribution >= 0.6 is 11.6 Å². The van der Waals surface area contributed by atoms with Gasteiger partial charge in [-0.3, -0.25) is 4.79 Å². The summed E-state index contributed by atoms with van der Waals surface area (Å²) in [5.74, 6) is 0.253. The Bertz CT molecular complexity index is 726. The van der Waals surface area contributed by atoms with Crippen molar-refractivity contribution in [3.63, 3.8) is 0 Å². The van der Waals surface area contributed by atoms with Crippen molar-refractivity contribution in [1.29, 1.82) is 5.26 Å². The zero-order valence-corrected chi connectivity index (χ0v) is 12.6. The van der Waals surface area contributed by atoms with Gasteiger partial charge in [0.1, 0.15) is 11.8 Å². The van der Waals surface area contributed by atoms with Gasteiger partial charge in [0, 0.05) is 5.02 Å². The molecule has 0 spiro atoms. The highest BCUT2D eigenvalue weighted by molar-refractivity contribution is 6.31. The van der Waals surface area contributed by atoms with E-state index >= 15 is 0 Å². The SMILES string of the molecule is COc1ccc(Cl)cc1NC(=O)CNc1ccccc1C#N. The summed E-state index contributed by atoms with van der Waals surface area (Å²) < 4.78 is 5.16. The average Bonchev–Trinajstić information content (AvgIpc) is 2.53. The van der Waals surface area contributed by atoms with Crippen molar-refractivity contribution in [1.82, 2.24) is 0 Å². The molecule has 2 aromatic rings. The largest absolute Gasteiger partial charge is 0.495 e. The molecule has 2 rings (SSSR count). The number of ether oxygens (including phenoxy) is 1. The number of carbonyl (C=O) groups is 1. The fourth-order valence-electron chi connectivity index (χ4n) is 1.88. The number of methoxy groups -OCH3 is 1. The molecule has 0 bridgehead atoms. The molecular weight excluding hydrogens is 302 g/mol. The topological polar surface area (TPSA) is 74.2 Å². The lowest BCUT2D eigenvalue weighted by Gasteiger charge is -2.12. The zero-order chi connectivity index (χ0) is 15.9. The number of hydrogen-bond acceptors (Lipinski definition) is 4. The molecule has 2 aromatic carbocycles. The number of nitriles is 1. The molecule has 0 saturated heterocycles. The van der Waals surface area contributed by atoms with E-state index in [1.165, 1.54) is 7.11 Å². The Morgan fingerprint density at radius 3 is 2.77 bits per heavy atom. The second-order valence-corrected chi connectivity index (χ2v) is 4.84. The molecule has 5 nitrogen and oxygen atoms in total. The third kappa shape index (κ3) is 3.90. The predicted octanol–water partition coefficient (Wildman–Crippen LogP) is 3.27. The van der Waals surface area contributed by atoms with Crippen molar-refractivity contribution in [2.24, 2.45) is 0 Å². The highest BCUT2D eigenvalue weighted by atomic mass is 35.5. The van der Waals surface area contributed by atoms with E-state index < -0.39 is 0 Å². The number of rotatable bonds is 5. The highest BCUT2D eigenvalue weighted by Gasteiger charge is 2.09. The van der Waals surface area contributed by atoms with Gasteiger partial charge in [-0.15, -0.1) is 0 Å². The zero-order valence-electron chi connectivity index (χ0n) is 11.9. The molecule has 0 heterocycles. The second-order valence-electron chi connectivity index (χ2n) is 4.40. The Hall–Kier alpha value is -2.71. The first-order valence-electron chi connectivity index (χ1n) is 6.50. The Kier molecular flexibility index (Phi) is 5.23. The van der Waals surface area contributed by atoms with Crippen LogP contribution in [0.4, 0.5) is 11.4 Å². The first-order valence-corrected chi connectivity index (χ1v) is 6.88. The number of amides is 1. The van der Waals surface area contributed by atoms with Crippen LogP contribution in [0.25, 0.3) is 0 Å². The van der Waals surface area contributed by atoms with E-state index in [0.717, 1.165) is 0 Å². The van der Waals surface area contributed by atoms with Crippen molar-refractivity contribution < 1.29 is 9.53 Å². The molecule has 0 atom stereocenters. The van der Waals surface area contributed by atoms with E-state index in [1.807, 2.05) is 0 Å². The van der Waals surface area contributed by atoms with Crippen LogP contribution in [0.2, 0.25) is 5.02 Å². The van der Waals surface area contributed by atoms with Crippen LogP contribution in [0.3, 0.4) is 0 Å². The molecule has 0 aliphatic rings. The van der Waals surface area contributed by atoms with Gasteiger partial charge >= 0.3 is 0 Å². The monoisotopic (exact) mass is 315 g/mol. The minimum Gasteiger partial charge on any atom is -0.495 e. The quantitative estimate of drug-likeness (QED) is 0.888. The summed E-state index contributed by atoms with van der Waals surface area (Å²) >= 11 is 5.91. The van der Waals surface area contributed by atoms with Gasteiger partial charge in [0.2, 0.25) is 5.91 Å². The summed E-state index contributed by atoms with van der Waals surface area (Å²) in [4.78, 5) is 12.0. The minimum atomic E-state index is -0.270. The molecule has 0 fully saturated rings. The second kappa shape index (κ2) is 7.34. The molecule has 22 heavy (non-hydrogen) atoms. The molecule has 0 aromatic heterocycles. The lowest BCUT2D eigenvalue weighted by Crippen LogP contribution is -2.22. The highest BCUT2D eigenvalue weighted by Crippen LogP contribution is 2.27. The molecule has 1 amide bonds. The van der Waals surface area contributed by atoms with E-state index in [-0.39, 0.29) is 12.5 Å². The van der Waals surface area contributed by atoms with Gasteiger partial charge in [-0.2, -0.15) is 5.26 Å². The fourth-order valence-corrected chi connectivity index (χ4v) is 2.05. The van der Waals surface area contributed by atoms with Crippen LogP contribution in [-0.2, 0) is 4.79 Å². The number of carbonyl (C=O) groups excluding carboxylic acids is 1. The molecule has 0 radical (unpaired) electrons. The van der Waals surface area contributed by atoms with Crippen LogP contribution in [0.1, 0.15) is 5.56 Å². The summed E-state index contributed by atoms with van der Waals surface area (Å²) in [5, 5.41) is 15.1. The number of anilines is 2. The average molecular weight is 316 g/mol. The van der Waals surface area contributed by atoms with Crippen LogP contribution in [0.15, 0.2) is 42.5 Å². The number of hydrogen-bond donors (Lipinski definition) is 2. The van der Waals surface area contributed by atoms with Gasteiger partial charge < -0.3 is 15.4 Å². The van der Waals surface area contributed by atoms with E-state index in [0.29, 0.717) is 27.7 Å². The van der Waals surface area contributed by atoms with Gasteiger partial charge in [0.05, 0.1) is 30.6 Å². The lowest BCUT2D eigenvalue weighted by molar-refractivity contribution is -0.114. The Morgan fingerprint density at radius 1 is 1.27 bits per heavy atom. The number of halogens is 1. The molecule has 2 N–H and O–H groups in total. The molecule has 112 valence electrons. The standard InChI is InChI=1S/C16H14ClN3O2/c1-22-15-7-6-12(17)8-14(15)20-16(21)10-19-13-5-3-2-4-11(13)9-18/h2-8,19H,10H2,1H3,(H,20,21). The molecule has 0 aliphatic heterocycles. The van der Waals surface area contributed by atoms with Crippen LogP contribution < -0.4 is 15.4 Å². The van der Waals surface area contributed by atoms with Crippen molar-refractivity contribution in [2.75, 3.05) is 24.3 Å². The van der Waals surface area contributed by atoms with E-state index in [1.54, 1.807) is 42.5 Å². The van der Waals surface area contributed by atoms with Gasteiger partial charge in [0.15, 0.2) is 0 Å². The Balaban J connectivity index is 2.02. The maximum Gasteiger partial charge on any atom is 0.243 e. The van der Waals surface area contributed by atoms with E-state index in [2.05, 4.69) is 16.7 Å². The van der Waals surface area contributed by atoms with Gasteiger partial charge in [0.25, 0.3) is 0 Å². The van der Waals surface area contributed by atoms with Crippen LogP contribution in [0, 0.1) is 11.3 Å². The number of benzene rings is 2. The van der Waals surface area contributed by atoms with Gasteiger partial charge in [-0.05, 0) is 30.3 Å². The molecule has 0 unspecified atom stereocenters. The minimum absolute atomic E-state index is 0.0222.